The van der Waals surface area contributed by atoms with Gasteiger partial charge in [-0.05, 0) is 49.2 Å². The topological polar surface area (TPSA) is 111 Å². The number of methoxy groups -OCH3 is 1. The Balaban J connectivity index is 1.40. The molecule has 1 fully saturated rings. The number of hydrogen-bond acceptors (Lipinski definition) is 7. The number of rotatable bonds is 5. The van der Waals surface area contributed by atoms with Crippen molar-refractivity contribution in [3.63, 3.8) is 0 Å². The molecular weight excluding hydrogens is 436 g/mol. The Morgan fingerprint density at radius 3 is 2.53 bits per heavy atom. The summed E-state index contributed by atoms with van der Waals surface area (Å²) in [6, 6.07) is 13.0. The molecule has 0 saturated carbocycles. The van der Waals surface area contributed by atoms with Crippen LogP contribution in [-0.2, 0) is 24.3 Å². The van der Waals surface area contributed by atoms with Crippen LogP contribution in [-0.4, -0.2) is 57.5 Å². The molecule has 32 heavy (non-hydrogen) atoms. The van der Waals surface area contributed by atoms with Crippen LogP contribution >= 0.6 is 0 Å². The summed E-state index contributed by atoms with van der Waals surface area (Å²) in [5.41, 5.74) is 0.433. The van der Waals surface area contributed by atoms with Crippen molar-refractivity contribution in [2.24, 2.45) is 5.92 Å². The first kappa shape index (κ1) is 22.1. The van der Waals surface area contributed by atoms with Crippen LogP contribution in [0.3, 0.4) is 0 Å². The van der Waals surface area contributed by atoms with Crippen molar-refractivity contribution in [2.45, 2.75) is 23.8 Å². The quantitative estimate of drug-likeness (QED) is 0.680. The van der Waals surface area contributed by atoms with Gasteiger partial charge < -0.3 is 19.5 Å². The lowest BCUT2D eigenvalue weighted by molar-refractivity contribution is -0.146. The van der Waals surface area contributed by atoms with Gasteiger partial charge in [0.2, 0.25) is 16.1 Å². The van der Waals surface area contributed by atoms with Gasteiger partial charge in [-0.25, -0.2) is 8.42 Å². The Kier molecular flexibility index (Phi) is 6.33. The minimum atomic E-state index is -3.77. The van der Waals surface area contributed by atoms with Crippen molar-refractivity contribution < 1.29 is 32.2 Å². The summed E-state index contributed by atoms with van der Waals surface area (Å²) in [6.45, 7) is 0.508. The smallest absolute Gasteiger partial charge is 0.309 e. The van der Waals surface area contributed by atoms with E-state index in [0.29, 0.717) is 36.6 Å². The highest BCUT2D eigenvalue weighted by atomic mass is 32.2. The van der Waals surface area contributed by atoms with E-state index in [1.165, 1.54) is 35.7 Å². The number of sulfonamides is 1. The highest BCUT2D eigenvalue weighted by Gasteiger charge is 2.34. The molecule has 0 radical (unpaired) electrons. The number of hydrogen-bond donors (Lipinski definition) is 1. The summed E-state index contributed by atoms with van der Waals surface area (Å²) in [7, 11) is -2.47. The third-order valence-electron chi connectivity index (χ3n) is 5.48. The molecule has 10 heteroatoms. The number of nitrogens with one attached hydrogen (secondary N) is 1. The first-order valence-electron chi connectivity index (χ1n) is 10.3. The number of piperidine rings is 1. The standard InChI is InChI=1S/C22H24N2O7S/c1-29-22(26)15-5-4-12-24(13-15)32(27,28)17-10-8-16(9-11-17)23-21(25)20-14-30-18-6-2-3-7-19(18)31-20/h2-3,6-11,15,20H,4-5,12-14H2,1H3,(H,23,25)/t15-,20+/m1/s1. The second kappa shape index (κ2) is 9.17. The predicted octanol–water partition coefficient (Wildman–Crippen LogP) is 2.04. The molecule has 9 nitrogen and oxygen atoms in total. The van der Waals surface area contributed by atoms with Gasteiger partial charge in [-0.3, -0.25) is 9.59 Å². The molecule has 0 aliphatic carbocycles. The number of anilines is 1. The van der Waals surface area contributed by atoms with Gasteiger partial charge in [0.15, 0.2) is 11.5 Å². The van der Waals surface area contributed by atoms with Gasteiger partial charge in [0.05, 0.1) is 17.9 Å². The molecule has 1 N–H and O–H groups in total. The van der Waals surface area contributed by atoms with E-state index in [1.807, 2.05) is 6.07 Å². The van der Waals surface area contributed by atoms with Gasteiger partial charge in [0.25, 0.3) is 5.91 Å². The molecule has 0 spiro atoms. The maximum atomic E-state index is 13.0. The molecule has 0 aromatic heterocycles. The van der Waals surface area contributed by atoms with Crippen LogP contribution in [0.15, 0.2) is 53.4 Å². The van der Waals surface area contributed by atoms with Crippen molar-refractivity contribution in [3.05, 3.63) is 48.5 Å². The third-order valence-corrected chi connectivity index (χ3v) is 7.36. The summed E-state index contributed by atoms with van der Waals surface area (Å²) < 4.78 is 43.3. The van der Waals surface area contributed by atoms with E-state index in [0.717, 1.165) is 0 Å². The van der Waals surface area contributed by atoms with E-state index >= 15 is 0 Å². The lowest BCUT2D eigenvalue weighted by Crippen LogP contribution is -2.42. The Labute approximate surface area is 186 Å². The van der Waals surface area contributed by atoms with Crippen LogP contribution in [0, 0.1) is 5.92 Å². The Morgan fingerprint density at radius 1 is 1.09 bits per heavy atom. The van der Waals surface area contributed by atoms with E-state index in [9.17, 15) is 18.0 Å². The monoisotopic (exact) mass is 460 g/mol. The molecule has 2 heterocycles. The average molecular weight is 461 g/mol. The molecule has 1 amide bonds. The molecule has 1 saturated heterocycles. The maximum Gasteiger partial charge on any atom is 0.309 e. The van der Waals surface area contributed by atoms with Crippen LogP contribution in [0.4, 0.5) is 5.69 Å². The fraction of sp³-hybridized carbons (Fsp3) is 0.364. The van der Waals surface area contributed by atoms with Crippen molar-refractivity contribution in [1.29, 1.82) is 0 Å². The Morgan fingerprint density at radius 2 is 1.81 bits per heavy atom. The summed E-state index contributed by atoms with van der Waals surface area (Å²) in [5, 5.41) is 2.72. The normalized spacial score (nSPS) is 20.9. The fourth-order valence-corrected chi connectivity index (χ4v) is 5.27. The summed E-state index contributed by atoms with van der Waals surface area (Å²) in [4.78, 5) is 24.5. The Bertz CT molecular complexity index is 1100. The number of carbonyl (C=O) groups excluding carboxylic acids is 2. The number of amides is 1. The van der Waals surface area contributed by atoms with Crippen LogP contribution in [0.2, 0.25) is 0 Å². The number of esters is 1. The molecule has 4 rings (SSSR count). The van der Waals surface area contributed by atoms with Crippen molar-refractivity contribution >= 4 is 27.6 Å². The molecule has 2 aliphatic heterocycles. The number of para-hydroxylation sites is 2. The summed E-state index contributed by atoms with van der Waals surface area (Å²) >= 11 is 0. The summed E-state index contributed by atoms with van der Waals surface area (Å²) in [5.74, 6) is -0.193. The minimum Gasteiger partial charge on any atom is -0.485 e. The van der Waals surface area contributed by atoms with E-state index in [2.05, 4.69) is 5.32 Å². The van der Waals surface area contributed by atoms with Crippen molar-refractivity contribution in [3.8, 4) is 11.5 Å². The van der Waals surface area contributed by atoms with Crippen molar-refractivity contribution in [2.75, 3.05) is 32.1 Å². The highest BCUT2D eigenvalue weighted by Crippen LogP contribution is 2.31. The van der Waals surface area contributed by atoms with Crippen LogP contribution < -0.4 is 14.8 Å². The van der Waals surface area contributed by atoms with Gasteiger partial charge in [0.1, 0.15) is 6.61 Å². The lowest BCUT2D eigenvalue weighted by Gasteiger charge is -2.30. The maximum absolute atomic E-state index is 13.0. The largest absolute Gasteiger partial charge is 0.485 e. The molecule has 2 atom stereocenters. The zero-order valence-corrected chi connectivity index (χ0v) is 18.3. The van der Waals surface area contributed by atoms with Crippen LogP contribution in [0.1, 0.15) is 12.8 Å². The van der Waals surface area contributed by atoms with Gasteiger partial charge in [-0.1, -0.05) is 12.1 Å². The number of carbonyl (C=O) groups is 2. The molecule has 170 valence electrons. The molecular formula is C22H24N2O7S. The second-order valence-corrected chi connectivity index (χ2v) is 9.54. The molecule has 2 aromatic rings. The molecule has 2 aliphatic rings. The SMILES string of the molecule is COC(=O)[C@@H]1CCCN(S(=O)(=O)c2ccc(NC(=O)[C@@H]3COc4ccccc4O3)cc2)C1. The Hall–Kier alpha value is -3.11. The number of benzene rings is 2. The fourth-order valence-electron chi connectivity index (χ4n) is 3.75. The molecule has 0 bridgehead atoms. The van der Waals surface area contributed by atoms with E-state index in [4.69, 9.17) is 14.2 Å². The molecule has 0 unspecified atom stereocenters. The number of ether oxygens (including phenoxy) is 3. The van der Waals surface area contributed by atoms with Crippen LogP contribution in [0.25, 0.3) is 0 Å². The number of fused-ring (bicyclic) bond motifs is 1. The minimum absolute atomic E-state index is 0.0750. The first-order valence-corrected chi connectivity index (χ1v) is 11.7. The molecule has 2 aromatic carbocycles. The third kappa shape index (κ3) is 4.56. The number of nitrogens with zero attached hydrogens (tertiary/aromatic N) is 1. The van der Waals surface area contributed by atoms with Crippen LogP contribution in [0.5, 0.6) is 11.5 Å². The first-order chi connectivity index (χ1) is 15.4. The zero-order chi connectivity index (χ0) is 22.7. The van der Waals surface area contributed by atoms with Crippen molar-refractivity contribution in [1.82, 2.24) is 4.31 Å². The van der Waals surface area contributed by atoms with Gasteiger partial charge in [-0.2, -0.15) is 4.31 Å². The highest BCUT2D eigenvalue weighted by molar-refractivity contribution is 7.89. The lowest BCUT2D eigenvalue weighted by atomic mass is 10.0. The van der Waals surface area contributed by atoms with Gasteiger partial charge in [-0.15, -0.1) is 0 Å². The second-order valence-electron chi connectivity index (χ2n) is 7.60. The van der Waals surface area contributed by atoms with E-state index in [1.54, 1.807) is 18.2 Å². The predicted molar refractivity (Wildman–Crippen MR) is 115 cm³/mol. The van der Waals surface area contributed by atoms with E-state index in [-0.39, 0.29) is 18.0 Å². The zero-order valence-electron chi connectivity index (χ0n) is 17.5. The van der Waals surface area contributed by atoms with Gasteiger partial charge >= 0.3 is 5.97 Å². The van der Waals surface area contributed by atoms with Gasteiger partial charge in [0, 0.05) is 18.8 Å². The average Bonchev–Trinajstić information content (AvgIpc) is 2.83. The van der Waals surface area contributed by atoms with E-state index < -0.39 is 33.9 Å². The summed E-state index contributed by atoms with van der Waals surface area (Å²) in [6.07, 6.45) is 0.359.